The van der Waals surface area contributed by atoms with Gasteiger partial charge in [-0.1, -0.05) is 27.7 Å². The number of piperidine rings is 1. The van der Waals surface area contributed by atoms with E-state index in [0.29, 0.717) is 32.4 Å². The first-order chi connectivity index (χ1) is 8.52. The van der Waals surface area contributed by atoms with Gasteiger partial charge >= 0.3 is 5.97 Å². The number of hydrogen-bond donors (Lipinski definition) is 1. The summed E-state index contributed by atoms with van der Waals surface area (Å²) in [6, 6.07) is 0. The summed E-state index contributed by atoms with van der Waals surface area (Å²) in [5.74, 6) is -0.700. The van der Waals surface area contributed by atoms with E-state index in [9.17, 15) is 18.3 Å². The smallest absolute Gasteiger partial charge is 0.309 e. The Morgan fingerprint density at radius 2 is 1.74 bits per heavy atom. The Kier molecular flexibility index (Phi) is 4.67. The summed E-state index contributed by atoms with van der Waals surface area (Å²) in [5, 5.41) is 9.30. The SMILES string of the molecule is CCC1(C(=O)O)CCN(S(=O)(=O)CC(C)(C)C)CC1. The Hall–Kier alpha value is -0.620. The van der Waals surface area contributed by atoms with E-state index in [-0.39, 0.29) is 11.2 Å². The summed E-state index contributed by atoms with van der Waals surface area (Å²) >= 11 is 0. The van der Waals surface area contributed by atoms with Crippen LogP contribution in [0.3, 0.4) is 0 Å². The second kappa shape index (κ2) is 5.40. The molecular weight excluding hydrogens is 266 g/mol. The molecule has 6 heteroatoms. The standard InChI is InChI=1S/C13H25NO4S/c1-5-13(11(15)16)6-8-14(9-7-13)19(17,18)10-12(2,3)4/h5-10H2,1-4H3,(H,15,16). The number of sulfonamides is 1. The lowest BCUT2D eigenvalue weighted by atomic mass is 9.77. The van der Waals surface area contributed by atoms with Crippen LogP contribution in [0.25, 0.3) is 0 Å². The van der Waals surface area contributed by atoms with Crippen LogP contribution in [0.5, 0.6) is 0 Å². The van der Waals surface area contributed by atoms with Gasteiger partial charge in [0, 0.05) is 13.1 Å². The van der Waals surface area contributed by atoms with E-state index in [2.05, 4.69) is 0 Å². The molecule has 1 N–H and O–H groups in total. The van der Waals surface area contributed by atoms with Gasteiger partial charge in [0.25, 0.3) is 0 Å². The van der Waals surface area contributed by atoms with Gasteiger partial charge in [0.1, 0.15) is 0 Å². The van der Waals surface area contributed by atoms with Crippen LogP contribution < -0.4 is 0 Å². The van der Waals surface area contributed by atoms with E-state index >= 15 is 0 Å². The zero-order valence-corrected chi connectivity index (χ0v) is 13.1. The molecule has 1 saturated heterocycles. The normalized spacial score (nSPS) is 21.3. The van der Waals surface area contributed by atoms with Crippen molar-refractivity contribution in [2.75, 3.05) is 18.8 Å². The van der Waals surface area contributed by atoms with Gasteiger partial charge in [0.2, 0.25) is 10.0 Å². The van der Waals surface area contributed by atoms with Crippen LogP contribution in [0.15, 0.2) is 0 Å². The fraction of sp³-hybridized carbons (Fsp3) is 0.923. The largest absolute Gasteiger partial charge is 0.481 e. The topological polar surface area (TPSA) is 74.7 Å². The zero-order chi connectivity index (χ0) is 14.9. The third-order valence-electron chi connectivity index (χ3n) is 3.82. The number of carbonyl (C=O) groups is 1. The lowest BCUT2D eigenvalue weighted by Crippen LogP contribution is -2.47. The van der Waals surface area contributed by atoms with Gasteiger partial charge in [0.05, 0.1) is 11.2 Å². The van der Waals surface area contributed by atoms with Gasteiger partial charge in [-0.3, -0.25) is 4.79 Å². The fourth-order valence-corrected chi connectivity index (χ4v) is 4.57. The number of carboxylic acid groups (broad SMARTS) is 1. The van der Waals surface area contributed by atoms with Crippen LogP contribution in [-0.2, 0) is 14.8 Å². The quantitative estimate of drug-likeness (QED) is 0.859. The summed E-state index contributed by atoms with van der Waals surface area (Å²) in [4.78, 5) is 11.3. The molecule has 1 fully saturated rings. The lowest BCUT2D eigenvalue weighted by molar-refractivity contribution is -0.151. The maximum Gasteiger partial charge on any atom is 0.309 e. The van der Waals surface area contributed by atoms with Crippen molar-refractivity contribution in [2.24, 2.45) is 10.8 Å². The molecule has 0 radical (unpaired) electrons. The van der Waals surface area contributed by atoms with Crippen LogP contribution in [0.2, 0.25) is 0 Å². The molecule has 112 valence electrons. The number of aliphatic carboxylic acids is 1. The molecule has 1 rings (SSSR count). The summed E-state index contributed by atoms with van der Waals surface area (Å²) in [6.07, 6.45) is 1.36. The molecule has 0 aromatic rings. The Morgan fingerprint density at radius 3 is 2.05 bits per heavy atom. The van der Waals surface area contributed by atoms with Crippen molar-refractivity contribution in [3.05, 3.63) is 0 Å². The summed E-state index contributed by atoms with van der Waals surface area (Å²) in [6.45, 7) is 8.16. The van der Waals surface area contributed by atoms with E-state index in [4.69, 9.17) is 0 Å². The molecule has 1 heterocycles. The third kappa shape index (κ3) is 3.92. The van der Waals surface area contributed by atoms with Crippen LogP contribution in [0, 0.1) is 10.8 Å². The number of rotatable bonds is 4. The molecule has 5 nitrogen and oxygen atoms in total. The molecule has 0 atom stereocenters. The summed E-state index contributed by atoms with van der Waals surface area (Å²) < 4.78 is 26.0. The number of nitrogens with zero attached hydrogens (tertiary/aromatic N) is 1. The van der Waals surface area contributed by atoms with E-state index in [0.717, 1.165) is 0 Å². The zero-order valence-electron chi connectivity index (χ0n) is 12.3. The third-order valence-corrected chi connectivity index (χ3v) is 6.20. The van der Waals surface area contributed by atoms with Crippen molar-refractivity contribution in [1.82, 2.24) is 4.31 Å². The van der Waals surface area contributed by atoms with E-state index in [1.54, 1.807) is 0 Å². The Labute approximate surface area is 116 Å². The van der Waals surface area contributed by atoms with Gasteiger partial charge < -0.3 is 5.11 Å². The van der Waals surface area contributed by atoms with Crippen LogP contribution in [0.1, 0.15) is 47.0 Å². The first kappa shape index (κ1) is 16.4. The predicted molar refractivity (Wildman–Crippen MR) is 74.4 cm³/mol. The minimum atomic E-state index is -3.28. The first-order valence-electron chi connectivity index (χ1n) is 6.74. The van der Waals surface area contributed by atoms with Crippen LogP contribution in [0.4, 0.5) is 0 Å². The fourth-order valence-electron chi connectivity index (χ4n) is 2.55. The van der Waals surface area contributed by atoms with Crippen LogP contribution in [-0.4, -0.2) is 42.6 Å². The second-order valence-corrected chi connectivity index (χ2v) is 8.62. The molecule has 0 aliphatic carbocycles. The molecule has 0 amide bonds. The molecule has 0 aromatic heterocycles. The average Bonchev–Trinajstić information content (AvgIpc) is 2.25. The highest BCUT2D eigenvalue weighted by molar-refractivity contribution is 7.89. The minimum Gasteiger partial charge on any atom is -0.481 e. The van der Waals surface area contributed by atoms with Crippen molar-refractivity contribution in [3.8, 4) is 0 Å². The van der Waals surface area contributed by atoms with Crippen molar-refractivity contribution >= 4 is 16.0 Å². The van der Waals surface area contributed by atoms with Gasteiger partial charge in [-0.2, -0.15) is 0 Å². The molecular formula is C13H25NO4S. The molecule has 1 aliphatic heterocycles. The maximum absolute atomic E-state index is 12.2. The molecule has 0 bridgehead atoms. The van der Waals surface area contributed by atoms with Crippen molar-refractivity contribution in [3.63, 3.8) is 0 Å². The predicted octanol–water partition coefficient (Wildman–Crippen LogP) is 1.94. The molecule has 0 spiro atoms. The molecule has 19 heavy (non-hydrogen) atoms. The van der Waals surface area contributed by atoms with Crippen LogP contribution >= 0.6 is 0 Å². The van der Waals surface area contributed by atoms with Crippen molar-refractivity contribution in [2.45, 2.75) is 47.0 Å². The van der Waals surface area contributed by atoms with E-state index in [1.165, 1.54) is 4.31 Å². The Balaban J connectivity index is 2.76. The van der Waals surface area contributed by atoms with Gasteiger partial charge in [-0.15, -0.1) is 0 Å². The lowest BCUT2D eigenvalue weighted by Gasteiger charge is -2.38. The monoisotopic (exact) mass is 291 g/mol. The summed E-state index contributed by atoms with van der Waals surface area (Å²) in [5.41, 5.74) is -1.03. The number of hydrogen-bond acceptors (Lipinski definition) is 3. The molecule has 1 aliphatic rings. The molecule has 0 unspecified atom stereocenters. The second-order valence-electron chi connectivity index (χ2n) is 6.65. The average molecular weight is 291 g/mol. The van der Waals surface area contributed by atoms with Crippen molar-refractivity contribution in [1.29, 1.82) is 0 Å². The Morgan fingerprint density at radius 1 is 1.26 bits per heavy atom. The highest BCUT2D eigenvalue weighted by Gasteiger charge is 2.42. The molecule has 0 aromatic carbocycles. The summed E-state index contributed by atoms with van der Waals surface area (Å²) in [7, 11) is -3.28. The van der Waals surface area contributed by atoms with Gasteiger partial charge in [0.15, 0.2) is 0 Å². The van der Waals surface area contributed by atoms with Gasteiger partial charge in [-0.05, 0) is 24.7 Å². The van der Waals surface area contributed by atoms with E-state index < -0.39 is 21.4 Å². The number of carboxylic acids is 1. The Bertz CT molecular complexity index is 428. The maximum atomic E-state index is 12.2. The highest BCUT2D eigenvalue weighted by atomic mass is 32.2. The van der Waals surface area contributed by atoms with Crippen molar-refractivity contribution < 1.29 is 18.3 Å². The highest BCUT2D eigenvalue weighted by Crippen LogP contribution is 2.36. The van der Waals surface area contributed by atoms with Gasteiger partial charge in [-0.25, -0.2) is 12.7 Å². The minimum absolute atomic E-state index is 0.103. The molecule has 0 saturated carbocycles. The first-order valence-corrected chi connectivity index (χ1v) is 8.35. The van der Waals surface area contributed by atoms with E-state index in [1.807, 2.05) is 27.7 Å².